The maximum atomic E-state index is 13.7. The van der Waals surface area contributed by atoms with Gasteiger partial charge in [-0.05, 0) is 55.0 Å². The van der Waals surface area contributed by atoms with E-state index in [0.29, 0.717) is 5.92 Å². The smallest absolute Gasteiger partial charge is 0.378 e. The highest BCUT2D eigenvalue weighted by Gasteiger charge is 2.35. The van der Waals surface area contributed by atoms with Crippen LogP contribution in [0.25, 0.3) is 5.70 Å². The largest absolute Gasteiger partial charge is 0.416 e. The van der Waals surface area contributed by atoms with Crippen LogP contribution in [0, 0.1) is 12.8 Å². The van der Waals surface area contributed by atoms with Crippen LogP contribution in [0.2, 0.25) is 0 Å². The molecule has 1 heterocycles. The summed E-state index contributed by atoms with van der Waals surface area (Å²) < 4.78 is 41.2. The Hall–Kier alpha value is -2.95. The van der Waals surface area contributed by atoms with Gasteiger partial charge in [0.15, 0.2) is 0 Å². The van der Waals surface area contributed by atoms with Crippen LogP contribution >= 0.6 is 0 Å². The van der Waals surface area contributed by atoms with E-state index in [1.54, 1.807) is 12.1 Å². The minimum absolute atomic E-state index is 0.238. The van der Waals surface area contributed by atoms with Gasteiger partial charge >= 0.3 is 6.18 Å². The molecule has 1 aliphatic carbocycles. The first-order valence-electron chi connectivity index (χ1n) is 11.2. The zero-order chi connectivity index (χ0) is 22.7. The van der Waals surface area contributed by atoms with Gasteiger partial charge in [-0.15, -0.1) is 0 Å². The van der Waals surface area contributed by atoms with E-state index in [2.05, 4.69) is 17.2 Å². The molecule has 1 saturated carbocycles. The summed E-state index contributed by atoms with van der Waals surface area (Å²) in [6.07, 6.45) is 5.10. The molecule has 2 aliphatic rings. The van der Waals surface area contributed by atoms with Gasteiger partial charge < -0.3 is 10.6 Å². The van der Waals surface area contributed by atoms with Gasteiger partial charge in [0, 0.05) is 22.7 Å². The van der Waals surface area contributed by atoms with Crippen molar-refractivity contribution in [3.8, 4) is 0 Å². The summed E-state index contributed by atoms with van der Waals surface area (Å²) >= 11 is 0. The minimum Gasteiger partial charge on any atom is -0.378 e. The van der Waals surface area contributed by atoms with E-state index >= 15 is 0 Å². The molecule has 0 aromatic heterocycles. The van der Waals surface area contributed by atoms with Crippen LogP contribution < -0.4 is 10.6 Å². The third-order valence-corrected chi connectivity index (χ3v) is 6.39. The van der Waals surface area contributed by atoms with Gasteiger partial charge in [0.05, 0.1) is 11.6 Å². The zero-order valence-corrected chi connectivity index (χ0v) is 18.3. The lowest BCUT2D eigenvalue weighted by Crippen LogP contribution is -2.31. The minimum atomic E-state index is -4.41. The molecule has 1 atom stereocenters. The van der Waals surface area contributed by atoms with E-state index in [1.807, 2.05) is 43.3 Å². The molecule has 0 saturated heterocycles. The van der Waals surface area contributed by atoms with E-state index in [1.165, 1.54) is 12.5 Å². The lowest BCUT2D eigenvalue weighted by atomic mass is 9.84. The van der Waals surface area contributed by atoms with Crippen molar-refractivity contribution in [3.63, 3.8) is 0 Å². The van der Waals surface area contributed by atoms with Gasteiger partial charge in [0.1, 0.15) is 0 Å². The monoisotopic (exact) mass is 438 g/mol. The van der Waals surface area contributed by atoms with Crippen molar-refractivity contribution in [2.45, 2.75) is 51.2 Å². The molecule has 32 heavy (non-hydrogen) atoms. The van der Waals surface area contributed by atoms with Crippen LogP contribution in [-0.4, -0.2) is 0 Å². The third-order valence-electron chi connectivity index (χ3n) is 6.39. The van der Waals surface area contributed by atoms with Crippen LogP contribution in [-0.2, 0) is 6.18 Å². The van der Waals surface area contributed by atoms with Gasteiger partial charge in [-0.25, -0.2) is 0 Å². The van der Waals surface area contributed by atoms with Crippen molar-refractivity contribution in [2.24, 2.45) is 5.92 Å². The van der Waals surface area contributed by atoms with Gasteiger partial charge in [-0.2, -0.15) is 13.2 Å². The number of allylic oxidation sites excluding steroid dienone is 2. The molecule has 1 fully saturated rings. The lowest BCUT2D eigenvalue weighted by molar-refractivity contribution is -0.138. The zero-order valence-electron chi connectivity index (χ0n) is 18.3. The Morgan fingerprint density at radius 3 is 2.41 bits per heavy atom. The maximum absolute atomic E-state index is 13.7. The average Bonchev–Trinajstić information content (AvgIpc) is 2.79. The van der Waals surface area contributed by atoms with Crippen LogP contribution in [0.4, 0.5) is 13.2 Å². The topological polar surface area (TPSA) is 24.1 Å². The first-order chi connectivity index (χ1) is 15.3. The summed E-state index contributed by atoms with van der Waals surface area (Å²) in [7, 11) is 0. The summed E-state index contributed by atoms with van der Waals surface area (Å²) in [5, 5.41) is 6.79. The fourth-order valence-electron chi connectivity index (χ4n) is 4.73. The molecule has 2 aromatic carbocycles. The number of dihydropyridines is 1. The molecule has 168 valence electrons. The van der Waals surface area contributed by atoms with Crippen molar-refractivity contribution < 1.29 is 13.2 Å². The SMILES string of the molecule is C=C(NC1=CC(c2ccccc2C(F)(F)F)NC(C2CCCCC2)=C1)c1ccccc1C. The van der Waals surface area contributed by atoms with Crippen LogP contribution in [0.1, 0.15) is 60.4 Å². The van der Waals surface area contributed by atoms with Crippen molar-refractivity contribution in [2.75, 3.05) is 0 Å². The van der Waals surface area contributed by atoms with Crippen LogP contribution in [0.3, 0.4) is 0 Å². The number of halogens is 3. The van der Waals surface area contributed by atoms with Crippen LogP contribution in [0.15, 0.2) is 78.7 Å². The summed E-state index contributed by atoms with van der Waals surface area (Å²) in [5.41, 5.74) is 4.24. The predicted octanol–water partition coefficient (Wildman–Crippen LogP) is 7.27. The summed E-state index contributed by atoms with van der Waals surface area (Å²) in [4.78, 5) is 0. The Labute approximate surface area is 187 Å². The Morgan fingerprint density at radius 1 is 1.00 bits per heavy atom. The Kier molecular flexibility index (Phi) is 6.45. The average molecular weight is 439 g/mol. The predicted molar refractivity (Wildman–Crippen MR) is 123 cm³/mol. The van der Waals surface area contributed by atoms with Crippen molar-refractivity contribution in [3.05, 3.63) is 101 Å². The molecular formula is C27H29F3N2. The Morgan fingerprint density at radius 2 is 1.69 bits per heavy atom. The highest BCUT2D eigenvalue weighted by atomic mass is 19.4. The fourth-order valence-corrected chi connectivity index (χ4v) is 4.73. The Bertz CT molecular complexity index is 1040. The van der Waals surface area contributed by atoms with E-state index in [4.69, 9.17) is 0 Å². The van der Waals surface area contributed by atoms with Crippen molar-refractivity contribution in [1.29, 1.82) is 0 Å². The normalized spacial score (nSPS) is 19.6. The number of benzene rings is 2. The molecule has 1 unspecified atom stereocenters. The van der Waals surface area contributed by atoms with Crippen LogP contribution in [0.5, 0.6) is 0 Å². The number of hydrogen-bond acceptors (Lipinski definition) is 2. The van der Waals surface area contributed by atoms with E-state index < -0.39 is 17.8 Å². The standard InChI is InChI=1S/C27H29F3N2/c1-18-10-6-7-13-22(18)19(2)31-21-16-25(20-11-4-3-5-12-20)32-26(17-21)23-14-8-9-15-24(23)27(28,29)30/h6-10,13-17,20,26,31-32H,2-5,11-12H2,1H3. The summed E-state index contributed by atoms with van der Waals surface area (Å²) in [6, 6.07) is 13.2. The number of alkyl halides is 3. The molecule has 0 bridgehead atoms. The number of rotatable bonds is 5. The maximum Gasteiger partial charge on any atom is 0.416 e. The molecule has 0 spiro atoms. The highest BCUT2D eigenvalue weighted by molar-refractivity contribution is 5.66. The molecule has 0 amide bonds. The quantitative estimate of drug-likeness (QED) is 0.513. The molecule has 1 aliphatic heterocycles. The molecule has 2 nitrogen and oxygen atoms in total. The van der Waals surface area contributed by atoms with Gasteiger partial charge in [0.25, 0.3) is 0 Å². The third kappa shape index (κ3) is 4.93. The number of nitrogens with one attached hydrogen (secondary N) is 2. The van der Waals surface area contributed by atoms with Crippen molar-refractivity contribution in [1.82, 2.24) is 10.6 Å². The second kappa shape index (κ2) is 9.27. The summed E-state index contributed by atoms with van der Waals surface area (Å²) in [5.74, 6) is 0.335. The Balaban J connectivity index is 1.69. The van der Waals surface area contributed by atoms with E-state index in [9.17, 15) is 13.2 Å². The van der Waals surface area contributed by atoms with Gasteiger partial charge in [-0.3, -0.25) is 0 Å². The first kappa shape index (κ1) is 22.3. The fraction of sp³-hybridized carbons (Fsp3) is 0.333. The number of aryl methyl sites for hydroxylation is 1. The second-order valence-corrected chi connectivity index (χ2v) is 8.68. The molecule has 4 rings (SSSR count). The van der Waals surface area contributed by atoms with Gasteiger partial charge in [0.2, 0.25) is 0 Å². The van der Waals surface area contributed by atoms with E-state index in [-0.39, 0.29) is 5.56 Å². The molecule has 0 radical (unpaired) electrons. The molecular weight excluding hydrogens is 409 g/mol. The highest BCUT2D eigenvalue weighted by Crippen LogP contribution is 2.38. The molecule has 2 aromatic rings. The molecule has 2 N–H and O–H groups in total. The first-order valence-corrected chi connectivity index (χ1v) is 11.2. The number of hydrogen-bond donors (Lipinski definition) is 2. The second-order valence-electron chi connectivity index (χ2n) is 8.68. The van der Waals surface area contributed by atoms with Gasteiger partial charge in [-0.1, -0.05) is 68.3 Å². The molecule has 5 heteroatoms. The summed E-state index contributed by atoms with van der Waals surface area (Å²) in [6.45, 7) is 6.21. The van der Waals surface area contributed by atoms with Crippen molar-refractivity contribution >= 4 is 5.70 Å². The lowest BCUT2D eigenvalue weighted by Gasteiger charge is -2.33. The van der Waals surface area contributed by atoms with E-state index in [0.717, 1.165) is 60.0 Å².